The third-order valence-corrected chi connectivity index (χ3v) is 4.93. The standard InChI is InChI=1S/C15H22N4S/c1-18(2)12-4-3-7-19(10-12)9-11-5-6-13-14(8-11)20-15(16)17-13/h5-6,8,12H,3-4,7,9-10H2,1-2H3,(H2,16,17). The van der Waals surface area contributed by atoms with Crippen LogP contribution in [0.1, 0.15) is 18.4 Å². The molecule has 0 aliphatic carbocycles. The van der Waals surface area contributed by atoms with E-state index in [4.69, 9.17) is 5.73 Å². The van der Waals surface area contributed by atoms with Gasteiger partial charge < -0.3 is 10.6 Å². The van der Waals surface area contributed by atoms with E-state index >= 15 is 0 Å². The van der Waals surface area contributed by atoms with Gasteiger partial charge in [0.25, 0.3) is 0 Å². The summed E-state index contributed by atoms with van der Waals surface area (Å²) in [7, 11) is 4.36. The van der Waals surface area contributed by atoms with Gasteiger partial charge in [0.1, 0.15) is 0 Å². The van der Waals surface area contributed by atoms with Crippen molar-refractivity contribution in [2.75, 3.05) is 32.9 Å². The van der Waals surface area contributed by atoms with E-state index in [1.54, 1.807) is 11.3 Å². The third kappa shape index (κ3) is 2.95. The SMILES string of the molecule is CN(C)C1CCCN(Cc2ccc3nc(N)sc3c2)C1. The Labute approximate surface area is 124 Å². The summed E-state index contributed by atoms with van der Waals surface area (Å²) in [6, 6.07) is 7.19. The molecule has 1 atom stereocenters. The largest absolute Gasteiger partial charge is 0.375 e. The summed E-state index contributed by atoms with van der Waals surface area (Å²) in [6.45, 7) is 3.39. The van der Waals surface area contributed by atoms with Crippen LogP contribution in [0.25, 0.3) is 10.2 Å². The molecule has 2 N–H and O–H groups in total. The first-order valence-corrected chi connectivity index (χ1v) is 7.97. The van der Waals surface area contributed by atoms with Crippen molar-refractivity contribution in [3.8, 4) is 0 Å². The molecular weight excluding hydrogens is 268 g/mol. The number of rotatable bonds is 3. The normalized spacial score (nSPS) is 20.9. The van der Waals surface area contributed by atoms with Crippen LogP contribution in [-0.2, 0) is 6.54 Å². The van der Waals surface area contributed by atoms with Crippen LogP contribution in [0.3, 0.4) is 0 Å². The van der Waals surface area contributed by atoms with Crippen LogP contribution in [0, 0.1) is 0 Å². The number of aromatic nitrogens is 1. The third-order valence-electron chi connectivity index (χ3n) is 4.09. The van der Waals surface area contributed by atoms with Crippen LogP contribution >= 0.6 is 11.3 Å². The van der Waals surface area contributed by atoms with Crippen LogP contribution in [0.5, 0.6) is 0 Å². The van der Waals surface area contributed by atoms with Gasteiger partial charge in [-0.1, -0.05) is 17.4 Å². The summed E-state index contributed by atoms with van der Waals surface area (Å²) >= 11 is 1.57. The van der Waals surface area contributed by atoms with Gasteiger partial charge in [-0.05, 0) is 51.2 Å². The molecule has 4 nitrogen and oxygen atoms in total. The Bertz CT molecular complexity index is 593. The molecule has 3 rings (SSSR count). The van der Waals surface area contributed by atoms with E-state index in [1.165, 1.54) is 29.6 Å². The molecule has 1 aliphatic heterocycles. The zero-order chi connectivity index (χ0) is 14.1. The Balaban J connectivity index is 1.72. The molecule has 0 bridgehead atoms. The molecule has 20 heavy (non-hydrogen) atoms. The van der Waals surface area contributed by atoms with E-state index in [0.29, 0.717) is 11.2 Å². The van der Waals surface area contributed by atoms with Gasteiger partial charge >= 0.3 is 0 Å². The van der Waals surface area contributed by atoms with Gasteiger partial charge in [-0.15, -0.1) is 0 Å². The lowest BCUT2D eigenvalue weighted by Gasteiger charge is -2.36. The van der Waals surface area contributed by atoms with Crippen molar-refractivity contribution < 1.29 is 0 Å². The molecular formula is C15H22N4S. The Hall–Kier alpha value is -1.17. The van der Waals surface area contributed by atoms with Crippen LogP contribution in [-0.4, -0.2) is 48.0 Å². The molecule has 5 heteroatoms. The molecule has 2 aromatic rings. The van der Waals surface area contributed by atoms with Crippen molar-refractivity contribution in [3.05, 3.63) is 23.8 Å². The summed E-state index contributed by atoms with van der Waals surface area (Å²) in [5, 5.41) is 0.655. The summed E-state index contributed by atoms with van der Waals surface area (Å²) in [4.78, 5) is 9.21. The van der Waals surface area contributed by atoms with Crippen molar-refractivity contribution in [3.63, 3.8) is 0 Å². The van der Waals surface area contributed by atoms with Crippen molar-refractivity contribution in [2.24, 2.45) is 0 Å². The minimum atomic E-state index is 0.655. The number of hydrogen-bond acceptors (Lipinski definition) is 5. The summed E-state index contributed by atoms with van der Waals surface area (Å²) < 4.78 is 1.20. The monoisotopic (exact) mass is 290 g/mol. The number of nitrogens with zero attached hydrogens (tertiary/aromatic N) is 3. The maximum absolute atomic E-state index is 5.77. The Morgan fingerprint density at radius 3 is 3.10 bits per heavy atom. The van der Waals surface area contributed by atoms with E-state index in [2.05, 4.69) is 47.1 Å². The molecule has 0 radical (unpaired) electrons. The maximum Gasteiger partial charge on any atom is 0.181 e. The minimum Gasteiger partial charge on any atom is -0.375 e. The second kappa shape index (κ2) is 5.68. The average Bonchev–Trinajstić information content (AvgIpc) is 2.78. The summed E-state index contributed by atoms with van der Waals surface area (Å²) in [5.41, 5.74) is 8.14. The number of benzene rings is 1. The van der Waals surface area contributed by atoms with E-state index < -0.39 is 0 Å². The molecule has 1 unspecified atom stereocenters. The van der Waals surface area contributed by atoms with Gasteiger partial charge in [-0.3, -0.25) is 4.90 Å². The van der Waals surface area contributed by atoms with Crippen LogP contribution < -0.4 is 5.73 Å². The van der Waals surface area contributed by atoms with E-state index in [1.807, 2.05) is 0 Å². The van der Waals surface area contributed by atoms with E-state index in [9.17, 15) is 0 Å². The molecule has 2 heterocycles. The van der Waals surface area contributed by atoms with Crippen LogP contribution in [0.15, 0.2) is 18.2 Å². The Morgan fingerprint density at radius 1 is 1.45 bits per heavy atom. The van der Waals surface area contributed by atoms with Crippen molar-refractivity contribution in [1.82, 2.24) is 14.8 Å². The number of likely N-dealkylation sites (N-methyl/N-ethyl adjacent to an activating group) is 1. The predicted molar refractivity (Wildman–Crippen MR) is 86.0 cm³/mol. The van der Waals surface area contributed by atoms with E-state index in [0.717, 1.165) is 18.6 Å². The molecule has 1 aliphatic rings. The highest BCUT2D eigenvalue weighted by atomic mass is 32.1. The first-order chi connectivity index (χ1) is 9.61. The predicted octanol–water partition coefficient (Wildman–Crippen LogP) is 2.40. The van der Waals surface area contributed by atoms with Gasteiger partial charge in [0, 0.05) is 19.1 Å². The molecule has 0 saturated carbocycles. The quantitative estimate of drug-likeness (QED) is 0.943. The summed E-state index contributed by atoms with van der Waals surface area (Å²) in [5.74, 6) is 0. The first-order valence-electron chi connectivity index (χ1n) is 7.15. The molecule has 0 amide bonds. The smallest absolute Gasteiger partial charge is 0.181 e. The molecule has 1 fully saturated rings. The fourth-order valence-electron chi connectivity index (χ4n) is 2.94. The van der Waals surface area contributed by atoms with Gasteiger partial charge in [0.15, 0.2) is 5.13 Å². The fraction of sp³-hybridized carbons (Fsp3) is 0.533. The van der Waals surface area contributed by atoms with Gasteiger partial charge in [-0.25, -0.2) is 4.98 Å². The molecule has 0 spiro atoms. The molecule has 108 valence electrons. The maximum atomic E-state index is 5.77. The van der Waals surface area contributed by atoms with E-state index in [-0.39, 0.29) is 0 Å². The number of nitrogens with two attached hydrogens (primary N) is 1. The number of piperidine rings is 1. The zero-order valence-electron chi connectivity index (χ0n) is 12.2. The minimum absolute atomic E-state index is 0.655. The van der Waals surface area contributed by atoms with Crippen LogP contribution in [0.2, 0.25) is 0 Å². The van der Waals surface area contributed by atoms with Gasteiger partial charge in [-0.2, -0.15) is 0 Å². The number of thiazole rings is 1. The van der Waals surface area contributed by atoms with Crippen LogP contribution in [0.4, 0.5) is 5.13 Å². The van der Waals surface area contributed by atoms with Crippen molar-refractivity contribution in [2.45, 2.75) is 25.4 Å². The first kappa shape index (κ1) is 13.8. The number of hydrogen-bond donors (Lipinski definition) is 1. The second-order valence-corrected chi connectivity index (χ2v) is 6.91. The highest BCUT2D eigenvalue weighted by Gasteiger charge is 2.21. The number of nitrogen functional groups attached to an aromatic ring is 1. The number of anilines is 1. The highest BCUT2D eigenvalue weighted by molar-refractivity contribution is 7.22. The topological polar surface area (TPSA) is 45.4 Å². The molecule has 1 aromatic carbocycles. The van der Waals surface area contributed by atoms with Gasteiger partial charge in [0.2, 0.25) is 0 Å². The zero-order valence-corrected chi connectivity index (χ0v) is 13.0. The fourth-order valence-corrected chi connectivity index (χ4v) is 3.74. The molecule has 1 saturated heterocycles. The Morgan fingerprint density at radius 2 is 2.30 bits per heavy atom. The number of likely N-dealkylation sites (tertiary alicyclic amines) is 1. The van der Waals surface area contributed by atoms with Crippen molar-refractivity contribution >= 4 is 26.7 Å². The number of fused-ring (bicyclic) bond motifs is 1. The highest BCUT2D eigenvalue weighted by Crippen LogP contribution is 2.25. The Kier molecular flexibility index (Phi) is 3.92. The van der Waals surface area contributed by atoms with Gasteiger partial charge in [0.05, 0.1) is 10.2 Å². The lowest BCUT2D eigenvalue weighted by Crippen LogP contribution is -2.44. The molecule has 1 aromatic heterocycles. The lowest BCUT2D eigenvalue weighted by molar-refractivity contribution is 0.128. The average molecular weight is 290 g/mol. The summed E-state index contributed by atoms with van der Waals surface area (Å²) in [6.07, 6.45) is 2.60. The lowest BCUT2D eigenvalue weighted by atomic mass is 10.0. The second-order valence-electron chi connectivity index (χ2n) is 5.85. The van der Waals surface area contributed by atoms with Crippen molar-refractivity contribution in [1.29, 1.82) is 0 Å².